The van der Waals surface area contributed by atoms with E-state index in [9.17, 15) is 51.1 Å². The third-order valence-electron chi connectivity index (χ3n) is 9.61. The average Bonchev–Trinajstić information content (AvgIpc) is 3.19. The minimum Gasteiger partial charge on any atom is -0.416 e. The van der Waals surface area contributed by atoms with E-state index in [1.165, 1.54) is 0 Å². The molecule has 0 aromatic heterocycles. The molecule has 1 rings (SSSR count). The highest BCUT2D eigenvalue weighted by atomic mass is 28.5. The van der Waals surface area contributed by atoms with Gasteiger partial charge in [0.1, 0.15) is 30.5 Å². The molecule has 0 aromatic rings. The van der Waals surface area contributed by atoms with Crippen molar-refractivity contribution in [3.63, 3.8) is 0 Å². The van der Waals surface area contributed by atoms with E-state index in [0.717, 1.165) is 0 Å². The molecular formula is C36H82O20Si5. The van der Waals surface area contributed by atoms with Gasteiger partial charge in [-0.25, -0.2) is 0 Å². The van der Waals surface area contributed by atoms with E-state index in [-0.39, 0.29) is 59.5 Å². The minimum absolute atomic E-state index is 0.0111. The largest absolute Gasteiger partial charge is 0.416 e. The number of hydrogen-bond donors (Lipinski definition) is 10. The molecule has 1 saturated heterocycles. The van der Waals surface area contributed by atoms with Crippen LogP contribution in [0.5, 0.6) is 0 Å². The molecule has 1 aliphatic heterocycles. The molecule has 0 saturated carbocycles. The van der Waals surface area contributed by atoms with E-state index in [1.54, 1.807) is 0 Å². The van der Waals surface area contributed by atoms with Crippen molar-refractivity contribution in [2.75, 3.05) is 99.1 Å². The zero-order valence-electron chi connectivity index (χ0n) is 37.3. The van der Waals surface area contributed by atoms with Crippen molar-refractivity contribution in [3.05, 3.63) is 0 Å². The monoisotopic (exact) mass is 974 g/mol. The van der Waals surface area contributed by atoms with Crippen LogP contribution in [-0.4, -0.2) is 223 Å². The van der Waals surface area contributed by atoms with E-state index in [1.807, 2.05) is 32.7 Å². The zero-order chi connectivity index (χ0) is 45.8. The molecule has 1 aliphatic rings. The van der Waals surface area contributed by atoms with E-state index in [2.05, 4.69) is 0 Å². The fourth-order valence-corrected chi connectivity index (χ4v) is 36.0. The van der Waals surface area contributed by atoms with E-state index in [4.69, 9.17) is 44.3 Å². The van der Waals surface area contributed by atoms with Crippen molar-refractivity contribution < 1.29 is 95.3 Å². The van der Waals surface area contributed by atoms with E-state index < -0.39 is 106 Å². The molecule has 1 heterocycles. The molecule has 0 aliphatic carbocycles. The molecule has 61 heavy (non-hydrogen) atoms. The highest BCUT2D eigenvalue weighted by Crippen LogP contribution is 2.39. The molecule has 0 radical (unpaired) electrons. The van der Waals surface area contributed by atoms with Crippen molar-refractivity contribution in [1.29, 1.82) is 0 Å². The zero-order valence-corrected chi connectivity index (χ0v) is 42.3. The average molecular weight is 975 g/mol. The standard InChI is InChI=1S/C36H82O20Si5/c1-57(17-7-6-12-47-27-32(42)22-37)52-58(2,18-8-13-48-28-33(43)23-38)54-60(4,20-10-15-50-30-35(45)25-40)56-61(5,21-11-16-51-31-36(46)26-41)55-59(3,53-57)19-9-14-49-29-34(44)24-39/h32-46H,6-31H2,1-5H3. The molecule has 10 N–H and O–H groups in total. The van der Waals surface area contributed by atoms with Crippen LogP contribution in [0.15, 0.2) is 0 Å². The Morgan fingerprint density at radius 3 is 0.689 bits per heavy atom. The normalized spacial score (nSPS) is 29.0. The molecule has 1 fully saturated rings. The molecule has 25 heteroatoms. The minimum atomic E-state index is -3.26. The lowest BCUT2D eigenvalue weighted by Gasteiger charge is -2.50. The Balaban J connectivity index is 3.68. The van der Waals surface area contributed by atoms with Crippen LogP contribution in [0.1, 0.15) is 38.5 Å². The van der Waals surface area contributed by atoms with Crippen molar-refractivity contribution in [2.45, 2.75) is 132 Å². The first-order valence-electron chi connectivity index (χ1n) is 21.7. The highest BCUT2D eigenvalue weighted by molar-refractivity contribution is 6.94. The fourth-order valence-electron chi connectivity index (χ4n) is 6.89. The molecule has 0 spiro atoms. The van der Waals surface area contributed by atoms with Crippen LogP contribution in [0.2, 0.25) is 63.0 Å². The van der Waals surface area contributed by atoms with Gasteiger partial charge in [0.15, 0.2) is 0 Å². The summed E-state index contributed by atoms with van der Waals surface area (Å²) in [6.07, 6.45) is -1.61. The number of aliphatic hydroxyl groups is 10. The summed E-state index contributed by atoms with van der Waals surface area (Å²) >= 11 is 0. The fraction of sp³-hybridized carbons (Fsp3) is 1.00. The summed E-state index contributed by atoms with van der Waals surface area (Å²) in [6, 6.07) is 2.48. The summed E-state index contributed by atoms with van der Waals surface area (Å²) in [5.74, 6) is 0. The molecular weight excluding hydrogens is 893 g/mol. The Morgan fingerprint density at radius 1 is 0.311 bits per heavy atom. The van der Waals surface area contributed by atoms with Crippen molar-refractivity contribution in [1.82, 2.24) is 0 Å². The van der Waals surface area contributed by atoms with Crippen LogP contribution in [0.25, 0.3) is 0 Å². The predicted molar refractivity (Wildman–Crippen MR) is 235 cm³/mol. The summed E-state index contributed by atoms with van der Waals surface area (Å²) in [7, 11) is -16.3. The van der Waals surface area contributed by atoms with Gasteiger partial charge in [0.25, 0.3) is 0 Å². The molecule has 20 nitrogen and oxygen atoms in total. The second-order valence-electron chi connectivity index (χ2n) is 16.6. The van der Waals surface area contributed by atoms with Crippen molar-refractivity contribution >= 4 is 42.8 Å². The summed E-state index contributed by atoms with van der Waals surface area (Å²) in [4.78, 5) is 0. The quantitative estimate of drug-likeness (QED) is 0.0283. The second-order valence-corrected chi connectivity index (χ2v) is 34.5. The Hall–Kier alpha value is 0.284. The topological polar surface area (TPSA) is 295 Å². The van der Waals surface area contributed by atoms with Gasteiger partial charge >= 0.3 is 42.8 Å². The maximum Gasteiger partial charge on any atom is 0.317 e. The summed E-state index contributed by atoms with van der Waals surface area (Å²) in [5, 5.41) is 95.4. The maximum atomic E-state index is 9.85. The first-order chi connectivity index (χ1) is 28.8. The first-order valence-corrected chi connectivity index (χ1v) is 34.3. The van der Waals surface area contributed by atoms with Gasteiger partial charge in [-0.3, -0.25) is 0 Å². The third-order valence-corrected chi connectivity index (χ3v) is 33.2. The Labute approximate surface area is 368 Å². The van der Waals surface area contributed by atoms with Gasteiger partial charge in [-0.05, 0) is 101 Å². The van der Waals surface area contributed by atoms with Gasteiger partial charge in [0.05, 0.1) is 66.1 Å². The van der Waals surface area contributed by atoms with Gasteiger partial charge in [-0.15, -0.1) is 0 Å². The molecule has 9 unspecified atom stereocenters. The summed E-state index contributed by atoms with van der Waals surface area (Å²) in [5.41, 5.74) is 0. The van der Waals surface area contributed by atoms with Crippen LogP contribution >= 0.6 is 0 Å². The molecule has 0 bridgehead atoms. The number of aliphatic hydroxyl groups excluding tert-OH is 10. The van der Waals surface area contributed by atoms with E-state index >= 15 is 0 Å². The SMILES string of the molecule is C[Si]1(CCCCOCC(O)CO)O[Si](C)(CCCOCC(O)CO)O[Si](C)(CCCOCC(O)CO)O[Si](C)(CCCOCC(O)CO)O[Si](C)(CCCOCC(O)CO)O1. The second kappa shape index (κ2) is 32.1. The third kappa shape index (κ3) is 27.5. The molecule has 0 amide bonds. The van der Waals surface area contributed by atoms with Gasteiger partial charge in [-0.2, -0.15) is 0 Å². The predicted octanol–water partition coefficient (Wildman–Crippen LogP) is -0.367. The number of unbranched alkanes of at least 4 members (excludes halogenated alkanes) is 1. The summed E-state index contributed by atoms with van der Waals surface area (Å²) < 4.78 is 64.8. The van der Waals surface area contributed by atoms with Crippen LogP contribution < -0.4 is 0 Å². The lowest BCUT2D eigenvalue weighted by Crippen LogP contribution is -2.67. The molecule has 9 atom stereocenters. The smallest absolute Gasteiger partial charge is 0.317 e. The van der Waals surface area contributed by atoms with Crippen LogP contribution in [0.4, 0.5) is 0 Å². The van der Waals surface area contributed by atoms with Crippen molar-refractivity contribution in [2.24, 2.45) is 0 Å². The lowest BCUT2D eigenvalue weighted by atomic mass is 10.3. The molecule has 0 aromatic carbocycles. The van der Waals surface area contributed by atoms with Crippen molar-refractivity contribution in [3.8, 4) is 0 Å². The Kier molecular flexibility index (Phi) is 31.2. The first kappa shape index (κ1) is 59.3. The van der Waals surface area contributed by atoms with Gasteiger partial charge in [-0.1, -0.05) is 0 Å². The highest BCUT2D eigenvalue weighted by Gasteiger charge is 2.56. The molecule has 366 valence electrons. The number of ether oxygens (including phenoxy) is 5. The van der Waals surface area contributed by atoms with Gasteiger partial charge in [0, 0.05) is 33.0 Å². The number of rotatable bonds is 36. The van der Waals surface area contributed by atoms with Crippen LogP contribution in [0, 0.1) is 0 Å². The number of hydrogen-bond acceptors (Lipinski definition) is 20. The Bertz CT molecular complexity index is 1040. The Morgan fingerprint density at radius 2 is 0.492 bits per heavy atom. The van der Waals surface area contributed by atoms with Crippen LogP contribution in [0.3, 0.4) is 0 Å². The lowest BCUT2D eigenvalue weighted by molar-refractivity contribution is 0.00541. The van der Waals surface area contributed by atoms with E-state index in [0.29, 0.717) is 75.4 Å². The van der Waals surface area contributed by atoms with Gasteiger partial charge in [0.2, 0.25) is 0 Å². The van der Waals surface area contributed by atoms with Crippen LogP contribution in [-0.2, 0) is 44.3 Å². The van der Waals surface area contributed by atoms with Gasteiger partial charge < -0.3 is 95.3 Å². The summed E-state index contributed by atoms with van der Waals surface area (Å²) in [6.45, 7) is 9.32. The maximum absolute atomic E-state index is 9.85.